The van der Waals surface area contributed by atoms with Gasteiger partial charge < -0.3 is 0 Å². The van der Waals surface area contributed by atoms with Gasteiger partial charge in [0.2, 0.25) is 0 Å². The van der Waals surface area contributed by atoms with E-state index in [4.69, 9.17) is 0 Å². The number of carbonyl (C=O) groups is 1. The molecule has 2 aromatic rings. The molecule has 0 saturated carbocycles. The molecule has 0 amide bonds. The molecule has 2 rings (SSSR count). The van der Waals surface area contributed by atoms with E-state index < -0.39 is 11.6 Å². The maximum atomic E-state index is 12.9. The lowest BCUT2D eigenvalue weighted by Gasteiger charge is -2.00. The number of rotatable bonds is 3. The van der Waals surface area contributed by atoms with Gasteiger partial charge in [0.25, 0.3) is 0 Å². The molecule has 0 saturated heterocycles. The van der Waals surface area contributed by atoms with Crippen molar-refractivity contribution in [3.05, 3.63) is 56.2 Å². The molecule has 1 nitrogen and oxygen atoms in total. The molecule has 0 atom stereocenters. The topological polar surface area (TPSA) is 17.1 Å². The highest BCUT2D eigenvalue weighted by Crippen LogP contribution is 2.21. The van der Waals surface area contributed by atoms with Crippen molar-refractivity contribution in [3.63, 3.8) is 0 Å². The van der Waals surface area contributed by atoms with Gasteiger partial charge in [0.1, 0.15) is 0 Å². The van der Waals surface area contributed by atoms with Crippen LogP contribution in [-0.2, 0) is 6.42 Å². The Hall–Kier alpha value is -1.07. The van der Waals surface area contributed by atoms with Crippen LogP contribution in [0.2, 0.25) is 0 Å². The summed E-state index contributed by atoms with van der Waals surface area (Å²) in [6.07, 6.45) is 0.0736. The molecule has 1 aromatic heterocycles. The molecule has 0 aliphatic carbocycles. The van der Waals surface area contributed by atoms with E-state index >= 15 is 0 Å². The summed E-state index contributed by atoms with van der Waals surface area (Å²) in [4.78, 5) is 12.4. The summed E-state index contributed by atoms with van der Waals surface area (Å²) in [6.45, 7) is 0. The molecule has 0 bridgehead atoms. The summed E-state index contributed by atoms with van der Waals surface area (Å²) < 4.78 is 26.5. The number of Topliss-reactive ketones (excluding diaryl/α,β-unsaturated/α-hetero) is 1. The first kappa shape index (κ1) is 12.4. The minimum atomic E-state index is -0.928. The summed E-state index contributed by atoms with van der Waals surface area (Å²) in [5.74, 6) is -1.94. The lowest BCUT2D eigenvalue weighted by Crippen LogP contribution is -2.02. The highest BCUT2D eigenvalue weighted by molar-refractivity contribution is 9.10. The molecule has 0 radical (unpaired) electrons. The van der Waals surface area contributed by atoms with Gasteiger partial charge in [0, 0.05) is 16.3 Å². The van der Waals surface area contributed by atoms with Gasteiger partial charge in [-0.15, -0.1) is 11.3 Å². The molecule has 0 N–H and O–H groups in total. The van der Waals surface area contributed by atoms with E-state index in [-0.39, 0.29) is 12.2 Å². The van der Waals surface area contributed by atoms with Crippen LogP contribution in [0, 0.1) is 11.6 Å². The quantitative estimate of drug-likeness (QED) is 0.775. The van der Waals surface area contributed by atoms with Crippen LogP contribution in [0.4, 0.5) is 8.78 Å². The third-order valence-electron chi connectivity index (χ3n) is 2.19. The largest absolute Gasteiger partial charge is 0.293 e. The van der Waals surface area contributed by atoms with Crippen LogP contribution < -0.4 is 0 Å². The normalized spacial score (nSPS) is 10.5. The van der Waals surface area contributed by atoms with Gasteiger partial charge in [-0.3, -0.25) is 4.79 Å². The number of thiophene rings is 1. The highest BCUT2D eigenvalue weighted by atomic mass is 79.9. The second-order valence-corrected chi connectivity index (χ2v) is 5.30. The first-order valence-corrected chi connectivity index (χ1v) is 6.44. The van der Waals surface area contributed by atoms with Crippen molar-refractivity contribution in [1.29, 1.82) is 0 Å². The van der Waals surface area contributed by atoms with E-state index in [9.17, 15) is 13.6 Å². The zero-order valence-corrected chi connectivity index (χ0v) is 10.9. The standard InChI is InChI=1S/C12H7BrF2OS/c13-8-5-12(17-6-8)11(16)4-7-1-2-9(14)10(15)3-7/h1-3,5-6H,4H2. The molecule has 0 aliphatic heterocycles. The van der Waals surface area contributed by atoms with Crippen molar-refractivity contribution in [3.8, 4) is 0 Å². The number of hydrogen-bond donors (Lipinski definition) is 0. The fourth-order valence-electron chi connectivity index (χ4n) is 1.38. The maximum absolute atomic E-state index is 12.9. The third kappa shape index (κ3) is 2.98. The zero-order valence-electron chi connectivity index (χ0n) is 8.54. The van der Waals surface area contributed by atoms with Crippen LogP contribution >= 0.6 is 27.3 Å². The van der Waals surface area contributed by atoms with Crippen LogP contribution in [0.25, 0.3) is 0 Å². The van der Waals surface area contributed by atoms with Crippen LogP contribution in [-0.4, -0.2) is 5.78 Å². The Kier molecular flexibility index (Phi) is 3.69. The Balaban J connectivity index is 2.15. The second-order valence-electron chi connectivity index (χ2n) is 3.48. The lowest BCUT2D eigenvalue weighted by molar-refractivity contribution is 0.0996. The lowest BCUT2D eigenvalue weighted by atomic mass is 10.1. The molecule has 0 aliphatic rings. The highest BCUT2D eigenvalue weighted by Gasteiger charge is 2.11. The summed E-state index contributed by atoms with van der Waals surface area (Å²) >= 11 is 4.58. The maximum Gasteiger partial charge on any atom is 0.177 e. The van der Waals surface area contributed by atoms with Gasteiger partial charge in [-0.1, -0.05) is 6.07 Å². The monoisotopic (exact) mass is 316 g/mol. The van der Waals surface area contributed by atoms with E-state index in [2.05, 4.69) is 15.9 Å². The number of benzene rings is 1. The van der Waals surface area contributed by atoms with Gasteiger partial charge >= 0.3 is 0 Å². The zero-order chi connectivity index (χ0) is 12.4. The minimum Gasteiger partial charge on any atom is -0.293 e. The smallest absolute Gasteiger partial charge is 0.177 e. The fourth-order valence-corrected chi connectivity index (χ4v) is 2.75. The van der Waals surface area contributed by atoms with Crippen molar-refractivity contribution < 1.29 is 13.6 Å². The van der Waals surface area contributed by atoms with Crippen molar-refractivity contribution >= 4 is 33.0 Å². The second kappa shape index (κ2) is 5.06. The van der Waals surface area contributed by atoms with Crippen molar-refractivity contribution in [2.45, 2.75) is 6.42 Å². The minimum absolute atomic E-state index is 0.0736. The average molecular weight is 317 g/mol. The van der Waals surface area contributed by atoms with E-state index in [0.717, 1.165) is 16.6 Å². The van der Waals surface area contributed by atoms with Crippen LogP contribution in [0.3, 0.4) is 0 Å². The molecule has 1 heterocycles. The van der Waals surface area contributed by atoms with E-state index in [0.29, 0.717) is 10.4 Å². The van der Waals surface area contributed by atoms with Gasteiger partial charge in [-0.05, 0) is 39.7 Å². The van der Waals surface area contributed by atoms with Crippen molar-refractivity contribution in [2.24, 2.45) is 0 Å². The Morgan fingerprint density at radius 1 is 1.24 bits per heavy atom. The van der Waals surface area contributed by atoms with E-state index in [1.807, 2.05) is 0 Å². The molecule has 5 heteroatoms. The number of carbonyl (C=O) groups excluding carboxylic acids is 1. The molecule has 0 unspecified atom stereocenters. The summed E-state index contributed by atoms with van der Waals surface area (Å²) in [5, 5.41) is 1.80. The fraction of sp³-hybridized carbons (Fsp3) is 0.0833. The number of hydrogen-bond acceptors (Lipinski definition) is 2. The first-order chi connectivity index (χ1) is 8.06. The van der Waals surface area contributed by atoms with Crippen molar-refractivity contribution in [1.82, 2.24) is 0 Å². The van der Waals surface area contributed by atoms with Crippen LogP contribution in [0.15, 0.2) is 34.1 Å². The van der Waals surface area contributed by atoms with Gasteiger partial charge in [0.05, 0.1) is 4.88 Å². The van der Waals surface area contributed by atoms with E-state index in [1.165, 1.54) is 17.4 Å². The Morgan fingerprint density at radius 2 is 2.00 bits per heavy atom. The summed E-state index contributed by atoms with van der Waals surface area (Å²) in [6, 6.07) is 5.21. The van der Waals surface area contributed by atoms with E-state index in [1.54, 1.807) is 11.4 Å². The predicted molar refractivity (Wildman–Crippen MR) is 66.4 cm³/mol. The number of ketones is 1. The van der Waals surface area contributed by atoms with Gasteiger partial charge in [-0.25, -0.2) is 8.78 Å². The summed E-state index contributed by atoms with van der Waals surface area (Å²) in [5.41, 5.74) is 0.471. The Morgan fingerprint density at radius 3 is 2.59 bits per heavy atom. The molecular weight excluding hydrogens is 310 g/mol. The Bertz CT molecular complexity index is 565. The average Bonchev–Trinajstić information content (AvgIpc) is 2.70. The number of halogens is 3. The van der Waals surface area contributed by atoms with Crippen LogP contribution in [0.5, 0.6) is 0 Å². The first-order valence-electron chi connectivity index (χ1n) is 4.77. The molecule has 88 valence electrons. The molecule has 17 heavy (non-hydrogen) atoms. The SMILES string of the molecule is O=C(Cc1ccc(F)c(F)c1)c1cc(Br)cs1. The van der Waals surface area contributed by atoms with Crippen LogP contribution in [0.1, 0.15) is 15.2 Å². The molecule has 0 spiro atoms. The Labute approximate surface area is 109 Å². The third-order valence-corrected chi connectivity index (χ3v) is 3.92. The molecule has 1 aromatic carbocycles. The van der Waals surface area contributed by atoms with Gasteiger partial charge in [-0.2, -0.15) is 0 Å². The summed E-state index contributed by atoms with van der Waals surface area (Å²) in [7, 11) is 0. The van der Waals surface area contributed by atoms with Gasteiger partial charge in [0.15, 0.2) is 17.4 Å². The molecular formula is C12H7BrF2OS. The van der Waals surface area contributed by atoms with Crippen molar-refractivity contribution in [2.75, 3.05) is 0 Å². The predicted octanol–water partition coefficient (Wildman–Crippen LogP) is 4.21. The molecule has 0 fully saturated rings.